The van der Waals surface area contributed by atoms with Crippen molar-refractivity contribution in [1.29, 1.82) is 0 Å². The highest BCUT2D eigenvalue weighted by Gasteiger charge is 2.29. The largest absolute Gasteiger partial charge is 0.502 e. The van der Waals surface area contributed by atoms with Crippen LogP contribution in [0.4, 0.5) is 5.69 Å². The molecule has 0 spiro atoms. The van der Waals surface area contributed by atoms with Gasteiger partial charge in [0.25, 0.3) is 0 Å². The Hall–Kier alpha value is -2.15. The van der Waals surface area contributed by atoms with Gasteiger partial charge in [0.2, 0.25) is 11.7 Å². The van der Waals surface area contributed by atoms with Crippen molar-refractivity contribution in [3.05, 3.63) is 32.8 Å². The molecule has 19 heavy (non-hydrogen) atoms. The molecule has 1 aliphatic carbocycles. The van der Waals surface area contributed by atoms with Crippen molar-refractivity contribution in [2.75, 3.05) is 0 Å². The van der Waals surface area contributed by atoms with Crippen LogP contribution in [0.5, 0.6) is 5.75 Å². The van der Waals surface area contributed by atoms with E-state index in [-0.39, 0.29) is 22.4 Å². The van der Waals surface area contributed by atoms with Gasteiger partial charge in [-0.15, -0.1) is 0 Å². The lowest BCUT2D eigenvalue weighted by atomic mass is 10.2. The quantitative estimate of drug-likeness (QED) is 0.499. The second-order valence-corrected chi connectivity index (χ2v) is 4.56. The molecule has 1 aliphatic rings. The Bertz CT molecular complexity index is 569. The second-order valence-electron chi connectivity index (χ2n) is 4.13. The molecular formula is C11H10ClN3O4. The van der Waals surface area contributed by atoms with Crippen molar-refractivity contribution in [2.24, 2.45) is 11.0 Å². The van der Waals surface area contributed by atoms with Gasteiger partial charge in [-0.1, -0.05) is 11.6 Å². The average molecular weight is 284 g/mol. The average Bonchev–Trinajstić information content (AvgIpc) is 3.16. The molecule has 1 aromatic rings. The maximum atomic E-state index is 11.3. The second kappa shape index (κ2) is 5.23. The molecule has 1 aromatic carbocycles. The first-order valence-electron chi connectivity index (χ1n) is 5.49. The van der Waals surface area contributed by atoms with E-state index in [0.717, 1.165) is 25.1 Å². The zero-order valence-corrected chi connectivity index (χ0v) is 10.4. The number of phenols is 1. The molecule has 0 aliphatic heterocycles. The predicted molar refractivity (Wildman–Crippen MR) is 68.2 cm³/mol. The molecule has 0 atom stereocenters. The summed E-state index contributed by atoms with van der Waals surface area (Å²) in [7, 11) is 0. The summed E-state index contributed by atoms with van der Waals surface area (Å²) in [5.41, 5.74) is 1.85. The summed E-state index contributed by atoms with van der Waals surface area (Å²) >= 11 is 5.70. The maximum absolute atomic E-state index is 11.3. The molecule has 0 radical (unpaired) electrons. The monoisotopic (exact) mass is 283 g/mol. The minimum atomic E-state index is -0.749. The van der Waals surface area contributed by atoms with Crippen LogP contribution in [0.2, 0.25) is 5.02 Å². The third-order valence-corrected chi connectivity index (χ3v) is 2.83. The van der Waals surface area contributed by atoms with Crippen LogP contribution in [0.1, 0.15) is 18.4 Å². The van der Waals surface area contributed by atoms with Gasteiger partial charge in [-0.3, -0.25) is 14.9 Å². The highest BCUT2D eigenvalue weighted by atomic mass is 35.5. The molecule has 2 rings (SSSR count). The van der Waals surface area contributed by atoms with Gasteiger partial charge in [0.15, 0.2) is 0 Å². The van der Waals surface area contributed by atoms with Gasteiger partial charge in [-0.25, -0.2) is 5.43 Å². The third kappa shape index (κ3) is 3.19. The molecule has 1 amide bonds. The molecule has 8 heteroatoms. The van der Waals surface area contributed by atoms with Crippen LogP contribution in [-0.4, -0.2) is 22.2 Å². The molecule has 0 unspecified atom stereocenters. The Morgan fingerprint density at radius 3 is 2.84 bits per heavy atom. The lowest BCUT2D eigenvalue weighted by molar-refractivity contribution is -0.385. The van der Waals surface area contributed by atoms with E-state index in [1.165, 1.54) is 6.07 Å². The fraction of sp³-hybridized carbons (Fsp3) is 0.273. The number of nitro benzene ring substituents is 1. The summed E-state index contributed by atoms with van der Waals surface area (Å²) in [6.45, 7) is 0. The molecule has 1 saturated carbocycles. The van der Waals surface area contributed by atoms with E-state index in [0.29, 0.717) is 0 Å². The summed E-state index contributed by atoms with van der Waals surface area (Å²) in [6.07, 6.45) is 2.80. The summed E-state index contributed by atoms with van der Waals surface area (Å²) in [6, 6.07) is 2.35. The molecule has 2 N–H and O–H groups in total. The molecular weight excluding hydrogens is 274 g/mol. The van der Waals surface area contributed by atoms with Gasteiger partial charge in [0.1, 0.15) is 0 Å². The Morgan fingerprint density at radius 1 is 1.58 bits per heavy atom. The fourth-order valence-electron chi connectivity index (χ4n) is 1.45. The molecule has 1 fully saturated rings. The number of aromatic hydroxyl groups is 1. The van der Waals surface area contributed by atoms with E-state index in [2.05, 4.69) is 10.5 Å². The van der Waals surface area contributed by atoms with Gasteiger partial charge < -0.3 is 5.11 Å². The van der Waals surface area contributed by atoms with Crippen molar-refractivity contribution >= 4 is 29.4 Å². The number of nitrogens with zero attached hydrogens (tertiary/aromatic N) is 2. The molecule has 100 valence electrons. The Balaban J connectivity index is 2.16. The minimum absolute atomic E-state index is 0.000514. The van der Waals surface area contributed by atoms with Crippen molar-refractivity contribution in [3.63, 3.8) is 0 Å². The van der Waals surface area contributed by atoms with Gasteiger partial charge in [-0.2, -0.15) is 5.10 Å². The number of nitro groups is 1. The topological polar surface area (TPSA) is 105 Å². The van der Waals surface area contributed by atoms with E-state index in [1.807, 2.05) is 0 Å². The first kappa shape index (κ1) is 13.3. The first-order chi connectivity index (χ1) is 8.99. The predicted octanol–water partition coefficient (Wildman–Crippen LogP) is 1.81. The lowest BCUT2D eigenvalue weighted by Gasteiger charge is -2.01. The van der Waals surface area contributed by atoms with Crippen molar-refractivity contribution in [2.45, 2.75) is 12.8 Å². The summed E-state index contributed by atoms with van der Waals surface area (Å²) in [5, 5.41) is 24.1. The Kier molecular flexibility index (Phi) is 3.66. The zero-order chi connectivity index (χ0) is 14.0. The summed E-state index contributed by atoms with van der Waals surface area (Å²) in [4.78, 5) is 21.2. The van der Waals surface area contributed by atoms with Crippen LogP contribution in [0.15, 0.2) is 17.2 Å². The van der Waals surface area contributed by atoms with Crippen LogP contribution in [0.3, 0.4) is 0 Å². The number of carbonyl (C=O) groups is 1. The van der Waals surface area contributed by atoms with Crippen molar-refractivity contribution < 1.29 is 14.8 Å². The molecule has 0 bridgehead atoms. The fourth-order valence-corrected chi connectivity index (χ4v) is 1.67. The van der Waals surface area contributed by atoms with Crippen LogP contribution >= 0.6 is 11.6 Å². The Morgan fingerprint density at radius 2 is 2.26 bits per heavy atom. The van der Waals surface area contributed by atoms with Gasteiger partial charge in [0.05, 0.1) is 11.1 Å². The SMILES string of the molecule is O=C(N/N=C\c1cc(Cl)cc([N+](=O)[O-])c1O)C1CC1. The number of amides is 1. The number of phenolic OH excluding ortho intramolecular Hbond substituents is 1. The number of hydrazone groups is 1. The van der Waals surface area contributed by atoms with Crippen molar-refractivity contribution in [3.8, 4) is 5.75 Å². The number of rotatable bonds is 4. The van der Waals surface area contributed by atoms with E-state index >= 15 is 0 Å². The Labute approximate surface area is 113 Å². The smallest absolute Gasteiger partial charge is 0.312 e. The van der Waals surface area contributed by atoms with E-state index in [4.69, 9.17) is 11.6 Å². The molecule has 7 nitrogen and oxygen atoms in total. The van der Waals surface area contributed by atoms with E-state index in [1.54, 1.807) is 0 Å². The highest BCUT2D eigenvalue weighted by molar-refractivity contribution is 6.31. The number of hydrogen-bond acceptors (Lipinski definition) is 5. The standard InChI is InChI=1S/C11H10ClN3O4/c12-8-3-7(10(16)9(4-8)15(18)19)5-13-14-11(17)6-1-2-6/h3-6,16H,1-2H2,(H,14,17)/b13-5-. The van der Waals surface area contributed by atoms with E-state index < -0.39 is 16.4 Å². The first-order valence-corrected chi connectivity index (χ1v) is 5.86. The summed E-state index contributed by atoms with van der Waals surface area (Å²) in [5.74, 6) is -0.745. The number of hydrogen-bond donors (Lipinski definition) is 2. The van der Waals surface area contributed by atoms with E-state index in [9.17, 15) is 20.0 Å². The van der Waals surface area contributed by atoms with Crippen LogP contribution in [-0.2, 0) is 4.79 Å². The zero-order valence-electron chi connectivity index (χ0n) is 9.67. The van der Waals surface area contributed by atoms with Crippen molar-refractivity contribution in [1.82, 2.24) is 5.43 Å². The molecule has 0 saturated heterocycles. The minimum Gasteiger partial charge on any atom is -0.502 e. The lowest BCUT2D eigenvalue weighted by Crippen LogP contribution is -2.18. The maximum Gasteiger partial charge on any atom is 0.312 e. The molecule has 0 heterocycles. The highest BCUT2D eigenvalue weighted by Crippen LogP contribution is 2.32. The van der Waals surface area contributed by atoms with Crippen LogP contribution < -0.4 is 5.43 Å². The summed E-state index contributed by atoms with van der Waals surface area (Å²) < 4.78 is 0. The number of halogens is 1. The van der Waals surface area contributed by atoms with Gasteiger partial charge in [-0.05, 0) is 18.9 Å². The van der Waals surface area contributed by atoms with Gasteiger partial charge in [0, 0.05) is 22.6 Å². The third-order valence-electron chi connectivity index (χ3n) is 2.61. The number of carbonyl (C=O) groups excluding carboxylic acids is 1. The van der Waals surface area contributed by atoms with Crippen LogP contribution in [0.25, 0.3) is 0 Å². The van der Waals surface area contributed by atoms with Gasteiger partial charge >= 0.3 is 5.69 Å². The number of nitrogens with one attached hydrogen (secondary N) is 1. The normalized spacial score (nSPS) is 14.6. The molecule has 0 aromatic heterocycles. The number of benzene rings is 1. The van der Waals surface area contributed by atoms with Crippen LogP contribution in [0, 0.1) is 16.0 Å².